The molecule has 148 valence electrons. The first-order chi connectivity index (χ1) is 14.1. The lowest BCUT2D eigenvalue weighted by Crippen LogP contribution is -2.24. The summed E-state index contributed by atoms with van der Waals surface area (Å²) in [5.74, 6) is 0.594. The summed E-state index contributed by atoms with van der Waals surface area (Å²) in [6.07, 6.45) is 3.49. The molecular formula is C23H23N3O3. The van der Waals surface area contributed by atoms with E-state index in [1.807, 2.05) is 24.3 Å². The van der Waals surface area contributed by atoms with Crippen LogP contribution in [0.25, 0.3) is 16.8 Å². The first-order valence-corrected chi connectivity index (χ1v) is 9.60. The SMILES string of the molecule is CCc1ccc(-c2cc3c(=O)n(C[C@H](O)c4ccccc4OC)ccn3n2)cc1. The molecule has 0 bridgehead atoms. The molecule has 1 N–H and O–H groups in total. The van der Waals surface area contributed by atoms with Gasteiger partial charge in [-0.25, -0.2) is 4.52 Å². The number of aromatic nitrogens is 3. The minimum Gasteiger partial charge on any atom is -0.496 e. The van der Waals surface area contributed by atoms with Gasteiger partial charge in [-0.3, -0.25) is 4.79 Å². The Morgan fingerprint density at radius 1 is 1.10 bits per heavy atom. The van der Waals surface area contributed by atoms with E-state index in [-0.39, 0.29) is 12.1 Å². The fourth-order valence-electron chi connectivity index (χ4n) is 3.45. The average Bonchev–Trinajstić information content (AvgIpc) is 3.21. The number of aliphatic hydroxyl groups is 1. The van der Waals surface area contributed by atoms with Crippen molar-refractivity contribution in [3.8, 4) is 17.0 Å². The first kappa shape index (κ1) is 19.0. The Morgan fingerprint density at radius 2 is 1.86 bits per heavy atom. The summed E-state index contributed by atoms with van der Waals surface area (Å²) in [6, 6.07) is 17.2. The zero-order valence-corrected chi connectivity index (χ0v) is 16.4. The molecule has 2 aromatic heterocycles. The molecule has 2 aromatic carbocycles. The van der Waals surface area contributed by atoms with Gasteiger partial charge >= 0.3 is 0 Å². The molecule has 0 fully saturated rings. The molecule has 0 radical (unpaired) electrons. The van der Waals surface area contributed by atoms with Crippen LogP contribution < -0.4 is 10.3 Å². The summed E-state index contributed by atoms with van der Waals surface area (Å²) in [6.45, 7) is 2.24. The normalized spacial score (nSPS) is 12.2. The third kappa shape index (κ3) is 3.67. The van der Waals surface area contributed by atoms with E-state index in [1.54, 1.807) is 42.2 Å². The molecule has 0 aliphatic heterocycles. The highest BCUT2D eigenvalue weighted by molar-refractivity contribution is 5.65. The topological polar surface area (TPSA) is 68.8 Å². The second-order valence-electron chi connectivity index (χ2n) is 6.92. The number of aryl methyl sites for hydroxylation is 1. The van der Waals surface area contributed by atoms with Crippen LogP contribution >= 0.6 is 0 Å². The minimum atomic E-state index is -0.865. The molecule has 4 rings (SSSR count). The van der Waals surface area contributed by atoms with Gasteiger partial charge < -0.3 is 14.4 Å². The number of benzene rings is 2. The largest absolute Gasteiger partial charge is 0.496 e. The molecule has 0 aliphatic rings. The van der Waals surface area contributed by atoms with Crippen molar-refractivity contribution in [2.45, 2.75) is 26.0 Å². The fraction of sp³-hybridized carbons (Fsp3) is 0.217. The quantitative estimate of drug-likeness (QED) is 0.548. The van der Waals surface area contributed by atoms with Gasteiger partial charge in [-0.1, -0.05) is 49.4 Å². The summed E-state index contributed by atoms with van der Waals surface area (Å²) >= 11 is 0. The zero-order valence-electron chi connectivity index (χ0n) is 16.4. The maximum atomic E-state index is 13.0. The lowest BCUT2D eigenvalue weighted by atomic mass is 10.1. The van der Waals surface area contributed by atoms with Gasteiger partial charge in [-0.15, -0.1) is 0 Å². The van der Waals surface area contributed by atoms with Crippen LogP contribution in [0.5, 0.6) is 5.75 Å². The summed E-state index contributed by atoms with van der Waals surface area (Å²) in [4.78, 5) is 13.0. The number of fused-ring (bicyclic) bond motifs is 1. The van der Waals surface area contributed by atoms with Gasteiger partial charge in [0.1, 0.15) is 17.4 Å². The van der Waals surface area contributed by atoms with Crippen LogP contribution in [0.2, 0.25) is 0 Å². The van der Waals surface area contributed by atoms with Gasteiger partial charge in [0.25, 0.3) is 5.56 Å². The molecule has 0 aliphatic carbocycles. The van der Waals surface area contributed by atoms with Crippen molar-refractivity contribution in [2.75, 3.05) is 7.11 Å². The molecular weight excluding hydrogens is 366 g/mol. The average molecular weight is 389 g/mol. The molecule has 6 nitrogen and oxygen atoms in total. The molecule has 0 spiro atoms. The zero-order chi connectivity index (χ0) is 20.4. The first-order valence-electron chi connectivity index (χ1n) is 9.60. The third-order valence-corrected chi connectivity index (χ3v) is 5.13. The highest BCUT2D eigenvalue weighted by Gasteiger charge is 2.16. The van der Waals surface area contributed by atoms with Crippen molar-refractivity contribution in [3.63, 3.8) is 0 Å². The molecule has 1 atom stereocenters. The van der Waals surface area contributed by atoms with E-state index >= 15 is 0 Å². The number of rotatable bonds is 6. The Morgan fingerprint density at radius 3 is 2.59 bits per heavy atom. The van der Waals surface area contributed by atoms with Crippen LogP contribution in [-0.4, -0.2) is 26.4 Å². The maximum Gasteiger partial charge on any atom is 0.276 e. The minimum absolute atomic E-state index is 0.126. The van der Waals surface area contributed by atoms with E-state index in [0.717, 1.165) is 17.7 Å². The number of nitrogens with zero attached hydrogens (tertiary/aromatic N) is 3. The van der Waals surface area contributed by atoms with Crippen molar-refractivity contribution in [1.29, 1.82) is 0 Å². The Kier molecular flexibility index (Phi) is 5.18. The molecule has 2 heterocycles. The predicted octanol–water partition coefficient (Wildman–Crippen LogP) is 3.47. The number of methoxy groups -OCH3 is 1. The van der Waals surface area contributed by atoms with Crippen molar-refractivity contribution < 1.29 is 9.84 Å². The standard InChI is InChI=1S/C23H23N3O3/c1-3-16-8-10-17(11-9-16)19-14-20-23(28)25(12-13-26(20)24-19)15-21(27)18-6-4-5-7-22(18)29-2/h4-14,21,27H,3,15H2,1-2H3/t21-/m0/s1. The number of hydrogen-bond donors (Lipinski definition) is 1. The van der Waals surface area contributed by atoms with Crippen LogP contribution in [0.3, 0.4) is 0 Å². The van der Waals surface area contributed by atoms with Gasteiger partial charge in [0.15, 0.2) is 0 Å². The third-order valence-electron chi connectivity index (χ3n) is 5.13. The Hall–Kier alpha value is -3.38. The lowest BCUT2D eigenvalue weighted by molar-refractivity contribution is 0.151. The maximum absolute atomic E-state index is 13.0. The van der Waals surface area contributed by atoms with E-state index in [0.29, 0.717) is 16.8 Å². The molecule has 0 saturated heterocycles. The Labute approximate surface area is 168 Å². The molecule has 0 unspecified atom stereocenters. The number of ether oxygens (including phenoxy) is 1. The number of para-hydroxylation sites is 1. The van der Waals surface area contributed by atoms with Gasteiger partial charge in [-0.05, 0) is 24.1 Å². The summed E-state index contributed by atoms with van der Waals surface area (Å²) in [7, 11) is 1.56. The summed E-state index contributed by atoms with van der Waals surface area (Å²) < 4.78 is 8.39. The van der Waals surface area contributed by atoms with E-state index in [2.05, 4.69) is 24.2 Å². The fourth-order valence-corrected chi connectivity index (χ4v) is 3.45. The molecule has 29 heavy (non-hydrogen) atoms. The predicted molar refractivity (Wildman–Crippen MR) is 112 cm³/mol. The molecule has 0 amide bonds. The van der Waals surface area contributed by atoms with E-state index < -0.39 is 6.10 Å². The van der Waals surface area contributed by atoms with Crippen molar-refractivity contribution in [1.82, 2.24) is 14.2 Å². The van der Waals surface area contributed by atoms with Gasteiger partial charge in [0, 0.05) is 23.5 Å². The molecule has 6 heteroatoms. The van der Waals surface area contributed by atoms with Crippen LogP contribution in [-0.2, 0) is 13.0 Å². The van der Waals surface area contributed by atoms with Gasteiger partial charge in [0.2, 0.25) is 0 Å². The second-order valence-corrected chi connectivity index (χ2v) is 6.92. The van der Waals surface area contributed by atoms with Crippen molar-refractivity contribution >= 4 is 5.52 Å². The monoisotopic (exact) mass is 389 g/mol. The van der Waals surface area contributed by atoms with Crippen LogP contribution in [0.15, 0.2) is 71.8 Å². The number of hydrogen-bond acceptors (Lipinski definition) is 4. The van der Waals surface area contributed by atoms with Gasteiger partial charge in [-0.2, -0.15) is 5.10 Å². The van der Waals surface area contributed by atoms with Crippen molar-refractivity contribution in [2.24, 2.45) is 0 Å². The summed E-state index contributed by atoms with van der Waals surface area (Å²) in [5, 5.41) is 15.2. The van der Waals surface area contributed by atoms with Gasteiger partial charge in [0.05, 0.1) is 19.3 Å². The Balaban J connectivity index is 1.66. The van der Waals surface area contributed by atoms with E-state index in [9.17, 15) is 9.90 Å². The number of aliphatic hydroxyl groups excluding tert-OH is 1. The summed E-state index contributed by atoms with van der Waals surface area (Å²) in [5.41, 5.74) is 3.87. The van der Waals surface area contributed by atoms with Crippen LogP contribution in [0.1, 0.15) is 24.2 Å². The molecule has 0 saturated carbocycles. The highest BCUT2D eigenvalue weighted by atomic mass is 16.5. The van der Waals surface area contributed by atoms with Crippen LogP contribution in [0, 0.1) is 0 Å². The molecule has 4 aromatic rings. The Bertz CT molecular complexity index is 1190. The van der Waals surface area contributed by atoms with Crippen LogP contribution in [0.4, 0.5) is 0 Å². The highest BCUT2D eigenvalue weighted by Crippen LogP contribution is 2.25. The van der Waals surface area contributed by atoms with Crippen molar-refractivity contribution in [3.05, 3.63) is 88.5 Å². The van der Waals surface area contributed by atoms with E-state index in [1.165, 1.54) is 10.1 Å². The smallest absolute Gasteiger partial charge is 0.276 e. The van der Waals surface area contributed by atoms with E-state index in [4.69, 9.17) is 4.74 Å². The second kappa shape index (κ2) is 7.93. The lowest BCUT2D eigenvalue weighted by Gasteiger charge is -2.16.